The molecular weight excluding hydrogens is 334 g/mol. The molecule has 3 aromatic carbocycles. The molecule has 0 N–H and O–H groups in total. The maximum absolute atomic E-state index is 5.06. The molecule has 0 saturated carbocycles. The summed E-state index contributed by atoms with van der Waals surface area (Å²) in [5, 5.41) is 2.17. The molecule has 0 aliphatic carbocycles. The lowest BCUT2D eigenvalue weighted by molar-refractivity contribution is 1.08. The molecule has 0 fully saturated rings. The molecule has 0 radical (unpaired) electrons. The Kier molecular flexibility index (Phi) is 3.76. The zero-order chi connectivity index (χ0) is 17.3. The van der Waals surface area contributed by atoms with Gasteiger partial charge in [-0.1, -0.05) is 78.9 Å². The molecule has 2 heterocycles. The van der Waals surface area contributed by atoms with Crippen LogP contribution >= 0.6 is 11.3 Å². The molecule has 5 rings (SSSR count). The zero-order valence-corrected chi connectivity index (χ0v) is 15.0. The van der Waals surface area contributed by atoms with Gasteiger partial charge >= 0.3 is 0 Å². The van der Waals surface area contributed by atoms with Crippen LogP contribution in [0, 0.1) is 0 Å². The molecule has 4 aromatic rings. The number of thiophene rings is 1. The van der Waals surface area contributed by atoms with Crippen molar-refractivity contribution in [3.8, 4) is 21.6 Å². The van der Waals surface area contributed by atoms with Crippen LogP contribution in [0.15, 0.2) is 95.3 Å². The maximum atomic E-state index is 5.06. The lowest BCUT2D eigenvalue weighted by atomic mass is 9.93. The largest absolute Gasteiger partial charge is 0.279 e. The van der Waals surface area contributed by atoms with Gasteiger partial charge in [0.05, 0.1) is 12.3 Å². The number of rotatable bonds is 2. The lowest BCUT2D eigenvalue weighted by Gasteiger charge is -2.12. The zero-order valence-electron chi connectivity index (χ0n) is 14.2. The fourth-order valence-corrected chi connectivity index (χ4v) is 4.60. The first-order chi connectivity index (χ1) is 12.9. The van der Waals surface area contributed by atoms with E-state index in [1.165, 1.54) is 38.3 Å². The summed E-state index contributed by atoms with van der Waals surface area (Å²) in [6, 6.07) is 29.9. The van der Waals surface area contributed by atoms with E-state index < -0.39 is 0 Å². The maximum Gasteiger partial charge on any atom is 0.0737 e. The first-order valence-corrected chi connectivity index (χ1v) is 9.65. The average molecular weight is 351 g/mol. The Labute approximate surface area is 157 Å². The fraction of sp³-hybridized carbons (Fsp3) is 0.0417. The number of hydrogen-bond donors (Lipinski definition) is 0. The molecule has 0 saturated heterocycles. The van der Waals surface area contributed by atoms with Gasteiger partial charge in [0.2, 0.25) is 0 Å². The monoisotopic (exact) mass is 351 g/mol. The minimum Gasteiger partial charge on any atom is -0.279 e. The number of aliphatic imine (C=N–C) groups is 1. The molecular formula is C24H17NS. The summed E-state index contributed by atoms with van der Waals surface area (Å²) >= 11 is 1.80. The summed E-state index contributed by atoms with van der Waals surface area (Å²) in [6.45, 7) is 0.700. The Morgan fingerprint density at radius 2 is 1.31 bits per heavy atom. The van der Waals surface area contributed by atoms with Crippen molar-refractivity contribution in [1.82, 2.24) is 0 Å². The highest BCUT2D eigenvalue weighted by molar-refractivity contribution is 7.14. The molecule has 1 aliphatic heterocycles. The predicted molar refractivity (Wildman–Crippen MR) is 111 cm³/mol. The van der Waals surface area contributed by atoms with Crippen LogP contribution in [0.25, 0.3) is 21.6 Å². The van der Waals surface area contributed by atoms with E-state index in [-0.39, 0.29) is 0 Å². The van der Waals surface area contributed by atoms with Gasteiger partial charge in [0.25, 0.3) is 0 Å². The third kappa shape index (κ3) is 2.51. The van der Waals surface area contributed by atoms with Crippen LogP contribution in [0.5, 0.6) is 0 Å². The number of hydrogen-bond acceptors (Lipinski definition) is 2. The van der Waals surface area contributed by atoms with Crippen molar-refractivity contribution < 1.29 is 0 Å². The van der Waals surface area contributed by atoms with Crippen LogP contribution in [0.4, 0.5) is 0 Å². The van der Waals surface area contributed by atoms with Crippen molar-refractivity contribution in [2.24, 2.45) is 4.99 Å². The van der Waals surface area contributed by atoms with Gasteiger partial charge in [0.15, 0.2) is 0 Å². The summed E-state index contributed by atoms with van der Waals surface area (Å²) in [7, 11) is 0. The predicted octanol–water partition coefficient (Wildman–Crippen LogP) is 6.43. The molecule has 124 valence electrons. The van der Waals surface area contributed by atoms with Gasteiger partial charge in [0, 0.05) is 16.0 Å². The van der Waals surface area contributed by atoms with Crippen LogP contribution < -0.4 is 0 Å². The Balaban J connectivity index is 1.74. The van der Waals surface area contributed by atoms with E-state index in [2.05, 4.69) is 90.3 Å². The molecule has 0 spiro atoms. The summed E-state index contributed by atoms with van der Waals surface area (Å²) in [5.74, 6) is 0. The van der Waals surface area contributed by atoms with Gasteiger partial charge in [-0.25, -0.2) is 0 Å². The summed E-state index contributed by atoms with van der Waals surface area (Å²) in [4.78, 5) is 6.38. The minimum absolute atomic E-state index is 0.700. The van der Waals surface area contributed by atoms with E-state index in [0.29, 0.717) is 6.54 Å². The van der Waals surface area contributed by atoms with Crippen molar-refractivity contribution in [2.45, 2.75) is 6.54 Å². The van der Waals surface area contributed by atoms with Gasteiger partial charge in [-0.3, -0.25) is 4.99 Å². The SMILES string of the molecule is c1ccc(C2=NCc3c(-c4ccccc4)cccc3-c3sccc32)cc1. The number of nitrogens with zero attached hydrogens (tertiary/aromatic N) is 1. The van der Waals surface area contributed by atoms with Crippen LogP contribution in [-0.2, 0) is 6.54 Å². The van der Waals surface area contributed by atoms with Gasteiger partial charge in [0.1, 0.15) is 0 Å². The van der Waals surface area contributed by atoms with E-state index in [1.54, 1.807) is 11.3 Å². The van der Waals surface area contributed by atoms with E-state index in [1.807, 2.05) is 0 Å². The van der Waals surface area contributed by atoms with Crippen molar-refractivity contribution in [3.63, 3.8) is 0 Å². The smallest absolute Gasteiger partial charge is 0.0737 e. The third-order valence-electron chi connectivity index (χ3n) is 4.87. The highest BCUT2D eigenvalue weighted by Crippen LogP contribution is 2.40. The molecule has 26 heavy (non-hydrogen) atoms. The lowest BCUT2D eigenvalue weighted by Crippen LogP contribution is -2.02. The van der Waals surface area contributed by atoms with Crippen LogP contribution in [0.2, 0.25) is 0 Å². The van der Waals surface area contributed by atoms with Gasteiger partial charge in [-0.2, -0.15) is 0 Å². The van der Waals surface area contributed by atoms with Crippen molar-refractivity contribution >= 4 is 17.0 Å². The Hall–Kier alpha value is -2.97. The highest BCUT2D eigenvalue weighted by Gasteiger charge is 2.21. The molecule has 0 atom stereocenters. The second kappa shape index (κ2) is 6.40. The summed E-state index contributed by atoms with van der Waals surface area (Å²) in [6.07, 6.45) is 0. The normalized spacial score (nSPS) is 12.7. The Morgan fingerprint density at radius 1 is 0.615 bits per heavy atom. The second-order valence-corrected chi connectivity index (χ2v) is 7.31. The number of benzene rings is 3. The Bertz CT molecular complexity index is 1090. The minimum atomic E-state index is 0.700. The van der Waals surface area contributed by atoms with E-state index >= 15 is 0 Å². The molecule has 0 amide bonds. The molecule has 2 heteroatoms. The standard InChI is InChI=1S/C24H17NS/c1-3-8-17(9-4-1)19-12-7-13-20-22(19)16-25-23(18-10-5-2-6-11-18)21-14-15-26-24(20)21/h1-15H,16H2. The summed E-state index contributed by atoms with van der Waals surface area (Å²) < 4.78 is 0. The number of fused-ring (bicyclic) bond motifs is 3. The average Bonchev–Trinajstić information content (AvgIpc) is 3.13. The van der Waals surface area contributed by atoms with Crippen LogP contribution in [0.1, 0.15) is 16.7 Å². The molecule has 1 aromatic heterocycles. The molecule has 0 bridgehead atoms. The van der Waals surface area contributed by atoms with Crippen molar-refractivity contribution in [2.75, 3.05) is 0 Å². The molecule has 0 unspecified atom stereocenters. The van der Waals surface area contributed by atoms with Crippen molar-refractivity contribution in [3.05, 3.63) is 107 Å². The fourth-order valence-electron chi connectivity index (χ4n) is 3.65. The van der Waals surface area contributed by atoms with Gasteiger partial charge < -0.3 is 0 Å². The van der Waals surface area contributed by atoms with Crippen molar-refractivity contribution in [1.29, 1.82) is 0 Å². The van der Waals surface area contributed by atoms with Gasteiger partial charge in [-0.05, 0) is 33.7 Å². The first-order valence-electron chi connectivity index (χ1n) is 8.77. The van der Waals surface area contributed by atoms with Crippen LogP contribution in [-0.4, -0.2) is 5.71 Å². The van der Waals surface area contributed by atoms with Crippen LogP contribution in [0.3, 0.4) is 0 Å². The first kappa shape index (κ1) is 15.3. The topological polar surface area (TPSA) is 12.4 Å². The third-order valence-corrected chi connectivity index (χ3v) is 5.82. The molecule has 1 aliphatic rings. The van der Waals surface area contributed by atoms with Gasteiger partial charge in [-0.15, -0.1) is 11.3 Å². The Morgan fingerprint density at radius 3 is 2.08 bits per heavy atom. The quantitative estimate of drug-likeness (QED) is 0.394. The molecule has 1 nitrogen and oxygen atoms in total. The highest BCUT2D eigenvalue weighted by atomic mass is 32.1. The second-order valence-electron chi connectivity index (χ2n) is 6.39. The van der Waals surface area contributed by atoms with E-state index in [0.717, 1.165) is 5.71 Å². The van der Waals surface area contributed by atoms with E-state index in [9.17, 15) is 0 Å². The van der Waals surface area contributed by atoms with E-state index in [4.69, 9.17) is 4.99 Å². The summed E-state index contributed by atoms with van der Waals surface area (Å²) in [5.41, 5.74) is 8.67.